The van der Waals surface area contributed by atoms with E-state index in [0.717, 1.165) is 29.3 Å². The van der Waals surface area contributed by atoms with Gasteiger partial charge < -0.3 is 9.47 Å². The van der Waals surface area contributed by atoms with Gasteiger partial charge in [0.2, 0.25) is 11.7 Å². The lowest BCUT2D eigenvalue weighted by Crippen LogP contribution is -2.11. The van der Waals surface area contributed by atoms with Gasteiger partial charge in [-0.15, -0.1) is 10.2 Å². The Balaban J connectivity index is 1.25. The summed E-state index contributed by atoms with van der Waals surface area (Å²) in [5.74, 6) is -2.13. The lowest BCUT2D eigenvalue weighted by molar-refractivity contribution is -0.145. The number of alkyl halides is 3. The highest BCUT2D eigenvalue weighted by Crippen LogP contribution is 2.61. The first kappa shape index (κ1) is 25.8. The molecule has 0 radical (unpaired) electrons. The lowest BCUT2D eigenvalue weighted by Gasteiger charge is -2.17. The van der Waals surface area contributed by atoms with Crippen molar-refractivity contribution in [3.8, 4) is 28.4 Å². The highest BCUT2D eigenvalue weighted by Gasteiger charge is 2.60. The van der Waals surface area contributed by atoms with Gasteiger partial charge in [-0.2, -0.15) is 18.4 Å². The van der Waals surface area contributed by atoms with E-state index >= 15 is 4.39 Å². The summed E-state index contributed by atoms with van der Waals surface area (Å²) in [6.45, 7) is 1.62. The molecular formula is C27H20F5N5O3. The zero-order valence-electron chi connectivity index (χ0n) is 20.8. The Labute approximate surface area is 223 Å². The maximum atomic E-state index is 15.0. The molecule has 1 saturated carbocycles. The fraction of sp³-hybridized carbons (Fsp3) is 0.296. The summed E-state index contributed by atoms with van der Waals surface area (Å²) in [4.78, 5) is 16.3. The Kier molecular flexibility index (Phi) is 6.23. The molecule has 0 bridgehead atoms. The van der Waals surface area contributed by atoms with E-state index in [1.54, 1.807) is 19.2 Å². The lowest BCUT2D eigenvalue weighted by atomic mass is 9.95. The van der Waals surface area contributed by atoms with Crippen molar-refractivity contribution in [2.75, 3.05) is 6.61 Å². The quantitative estimate of drug-likeness (QED) is 0.245. The van der Waals surface area contributed by atoms with E-state index in [1.165, 1.54) is 6.07 Å². The van der Waals surface area contributed by atoms with Crippen molar-refractivity contribution >= 4 is 5.97 Å². The molecule has 8 nitrogen and oxygen atoms in total. The van der Waals surface area contributed by atoms with E-state index in [4.69, 9.17) is 9.47 Å². The van der Waals surface area contributed by atoms with Crippen molar-refractivity contribution in [1.29, 1.82) is 0 Å². The largest absolute Gasteiger partial charge is 0.473 e. The molecule has 4 aromatic rings. The molecule has 1 N–H and O–H groups in total. The van der Waals surface area contributed by atoms with Crippen molar-refractivity contribution < 1.29 is 36.2 Å². The minimum Gasteiger partial charge on any atom is -0.473 e. The van der Waals surface area contributed by atoms with Crippen LogP contribution in [0.2, 0.25) is 0 Å². The van der Waals surface area contributed by atoms with Gasteiger partial charge in [0.05, 0.1) is 18.1 Å². The van der Waals surface area contributed by atoms with Crippen LogP contribution < -0.4 is 4.74 Å². The summed E-state index contributed by atoms with van der Waals surface area (Å²) in [6, 6.07) is 6.41. The molecule has 40 heavy (non-hydrogen) atoms. The van der Waals surface area contributed by atoms with Crippen LogP contribution in [0.4, 0.5) is 22.0 Å². The molecule has 0 amide bonds. The Bertz CT molecular complexity index is 1610. The predicted molar refractivity (Wildman–Crippen MR) is 129 cm³/mol. The molecule has 13 heteroatoms. The maximum absolute atomic E-state index is 15.0. The van der Waals surface area contributed by atoms with Crippen molar-refractivity contribution in [3.05, 3.63) is 76.5 Å². The molecule has 0 unspecified atom stereocenters. The van der Waals surface area contributed by atoms with Gasteiger partial charge in [0, 0.05) is 34.9 Å². The summed E-state index contributed by atoms with van der Waals surface area (Å²) in [5.41, 5.74) is -0.397. The SMILES string of the molecule is CCOC(=O)[C@H]1[C@@H]2Cc3cc(OCc4cc(-c5ccc(-c6nn[nH]n6)cc5F)c(C(F)(F)F)cc4F)ncc3[C@@H]21. The number of pyridine rings is 1. The van der Waals surface area contributed by atoms with Gasteiger partial charge in [-0.1, -0.05) is 12.1 Å². The molecule has 0 spiro atoms. The Morgan fingerprint density at radius 1 is 1.10 bits per heavy atom. The standard InChI is InChI=1S/C27H20F5N5O3/c1-2-39-26(38)24-17-5-13-8-22(33-10-18(13)23(17)24)40-11-14-6-16(19(9-20(14)28)27(30,31)32)15-4-3-12(7-21(15)29)25-34-36-37-35-25/h3-4,6-10,17,23-24H,2,5,11H2,1H3,(H,34,35,36,37)/t17-,23-,24+/m1/s1. The van der Waals surface area contributed by atoms with Crippen LogP contribution in [0, 0.1) is 23.5 Å². The first-order valence-corrected chi connectivity index (χ1v) is 12.4. The monoisotopic (exact) mass is 557 g/mol. The van der Waals surface area contributed by atoms with Crippen LogP contribution in [-0.4, -0.2) is 38.2 Å². The van der Waals surface area contributed by atoms with Gasteiger partial charge in [-0.05, 0) is 59.4 Å². The Hall–Kier alpha value is -4.42. The molecule has 2 aromatic carbocycles. The molecule has 2 heterocycles. The Morgan fingerprint density at radius 2 is 1.93 bits per heavy atom. The number of ether oxygens (including phenoxy) is 2. The summed E-state index contributed by atoms with van der Waals surface area (Å²) >= 11 is 0. The molecule has 6 rings (SSSR count). The molecule has 2 aromatic heterocycles. The number of halogens is 5. The number of rotatable bonds is 7. The van der Waals surface area contributed by atoms with Crippen molar-refractivity contribution in [2.45, 2.75) is 32.0 Å². The maximum Gasteiger partial charge on any atom is 0.417 e. The summed E-state index contributed by atoms with van der Waals surface area (Å²) in [7, 11) is 0. The van der Waals surface area contributed by atoms with Crippen molar-refractivity contribution in [2.24, 2.45) is 11.8 Å². The smallest absolute Gasteiger partial charge is 0.417 e. The molecule has 206 valence electrons. The van der Waals surface area contributed by atoms with E-state index in [9.17, 15) is 22.4 Å². The highest BCUT2D eigenvalue weighted by molar-refractivity contribution is 5.79. The molecule has 2 aliphatic rings. The summed E-state index contributed by atoms with van der Waals surface area (Å²) in [6.07, 6.45) is -2.71. The minimum atomic E-state index is -4.95. The van der Waals surface area contributed by atoms with Gasteiger partial charge in [-0.25, -0.2) is 13.8 Å². The number of aromatic amines is 1. The fourth-order valence-corrected chi connectivity index (χ4v) is 5.40. The van der Waals surface area contributed by atoms with Crippen molar-refractivity contribution in [3.63, 3.8) is 0 Å². The predicted octanol–water partition coefficient (Wildman–Crippen LogP) is 5.25. The number of aromatic nitrogens is 5. The number of H-pyrrole nitrogens is 1. The summed E-state index contributed by atoms with van der Waals surface area (Å²) in [5, 5.41) is 13.0. The van der Waals surface area contributed by atoms with Crippen LogP contribution in [0.1, 0.15) is 35.1 Å². The second-order valence-electron chi connectivity index (χ2n) is 9.60. The number of tetrazole rings is 1. The van der Waals surface area contributed by atoms with E-state index in [-0.39, 0.29) is 52.1 Å². The topological polar surface area (TPSA) is 103 Å². The number of benzene rings is 2. The van der Waals surface area contributed by atoms with Crippen LogP contribution in [0.15, 0.2) is 42.6 Å². The minimum absolute atomic E-state index is 0.0480. The number of hydrogen-bond donors (Lipinski definition) is 1. The number of hydrogen-bond acceptors (Lipinski definition) is 7. The zero-order valence-corrected chi connectivity index (χ0v) is 20.8. The average molecular weight is 557 g/mol. The highest BCUT2D eigenvalue weighted by atomic mass is 19.4. The van der Waals surface area contributed by atoms with E-state index in [0.29, 0.717) is 19.1 Å². The van der Waals surface area contributed by atoms with Crippen LogP contribution >= 0.6 is 0 Å². The van der Waals surface area contributed by atoms with Crippen LogP contribution in [0.5, 0.6) is 5.88 Å². The first-order chi connectivity index (χ1) is 19.2. The second kappa shape index (κ2) is 9.65. The van der Waals surface area contributed by atoms with E-state index in [1.807, 2.05) is 0 Å². The average Bonchev–Trinajstić information content (AvgIpc) is 3.23. The third kappa shape index (κ3) is 4.54. The summed E-state index contributed by atoms with van der Waals surface area (Å²) < 4.78 is 82.1. The third-order valence-electron chi connectivity index (χ3n) is 7.27. The fourth-order valence-electron chi connectivity index (χ4n) is 5.40. The normalized spacial score (nSPS) is 19.2. The molecule has 0 aliphatic heterocycles. The number of carbonyl (C=O) groups excluding carboxylic acids is 1. The van der Waals surface area contributed by atoms with Crippen LogP contribution in [-0.2, 0) is 28.7 Å². The van der Waals surface area contributed by atoms with Crippen LogP contribution in [0.25, 0.3) is 22.5 Å². The first-order valence-electron chi connectivity index (χ1n) is 12.4. The third-order valence-corrected chi connectivity index (χ3v) is 7.27. The number of fused-ring (bicyclic) bond motifs is 3. The van der Waals surface area contributed by atoms with Crippen molar-refractivity contribution in [1.82, 2.24) is 25.6 Å². The molecule has 0 saturated heterocycles. The van der Waals surface area contributed by atoms with Gasteiger partial charge in [0.1, 0.15) is 18.2 Å². The number of esters is 1. The van der Waals surface area contributed by atoms with Gasteiger partial charge in [0.15, 0.2) is 0 Å². The van der Waals surface area contributed by atoms with E-state index < -0.39 is 35.5 Å². The van der Waals surface area contributed by atoms with E-state index in [2.05, 4.69) is 25.6 Å². The number of carbonyl (C=O) groups is 1. The molecular weight excluding hydrogens is 537 g/mol. The van der Waals surface area contributed by atoms with Gasteiger partial charge in [-0.3, -0.25) is 4.79 Å². The zero-order chi connectivity index (χ0) is 28.2. The second-order valence-corrected chi connectivity index (χ2v) is 9.60. The number of nitrogens with one attached hydrogen (secondary N) is 1. The molecule has 2 aliphatic carbocycles. The van der Waals surface area contributed by atoms with Gasteiger partial charge >= 0.3 is 12.1 Å². The van der Waals surface area contributed by atoms with Gasteiger partial charge in [0.25, 0.3) is 0 Å². The molecule has 3 atom stereocenters. The number of nitrogens with zero attached hydrogens (tertiary/aromatic N) is 4. The Morgan fingerprint density at radius 3 is 2.62 bits per heavy atom. The van der Waals surface area contributed by atoms with Crippen LogP contribution in [0.3, 0.4) is 0 Å². The molecule has 1 fully saturated rings.